The van der Waals surface area contributed by atoms with Crippen LogP contribution in [-0.2, 0) is 9.47 Å². The molecule has 12 heteroatoms. The summed E-state index contributed by atoms with van der Waals surface area (Å²) in [6, 6.07) is 0.629. The van der Waals surface area contributed by atoms with Gasteiger partial charge in [-0.15, -0.1) is 0 Å². The van der Waals surface area contributed by atoms with E-state index in [0.29, 0.717) is 23.0 Å². The third-order valence-electron chi connectivity index (χ3n) is 4.69. The standard InChI is InChI=1S/C16H20ClN5O5S/c1-26-14-12(20-21-18)13(24)9(7-23)27-16(14)28-10-5-8(17)6-19-11(10)15(25)22-3-2-4-22/h5-6,9,12-14,16,23-24H,2-4,7H2,1H3/t9?,12?,13-,14?,16+/m0/s1. The summed E-state index contributed by atoms with van der Waals surface area (Å²) >= 11 is 7.20. The van der Waals surface area contributed by atoms with Crippen LogP contribution in [0.15, 0.2) is 22.3 Å². The highest BCUT2D eigenvalue weighted by molar-refractivity contribution is 8.00. The fourth-order valence-corrected chi connectivity index (χ4v) is 4.58. The third kappa shape index (κ3) is 4.20. The number of aromatic nitrogens is 1. The summed E-state index contributed by atoms with van der Waals surface area (Å²) in [6.45, 7) is 0.872. The summed E-state index contributed by atoms with van der Waals surface area (Å²) in [7, 11) is 1.40. The van der Waals surface area contributed by atoms with Gasteiger partial charge >= 0.3 is 0 Å². The van der Waals surface area contributed by atoms with Gasteiger partial charge in [-0.2, -0.15) is 0 Å². The fraction of sp³-hybridized carbons (Fsp3) is 0.625. The molecule has 2 fully saturated rings. The normalized spacial score (nSPS) is 29.7. The van der Waals surface area contributed by atoms with Gasteiger partial charge in [-0.3, -0.25) is 4.79 Å². The number of pyridine rings is 1. The molecule has 1 amide bonds. The van der Waals surface area contributed by atoms with E-state index in [4.69, 9.17) is 26.6 Å². The zero-order chi connectivity index (χ0) is 20.3. The molecule has 2 aliphatic heterocycles. The highest BCUT2D eigenvalue weighted by atomic mass is 35.5. The number of halogens is 1. The van der Waals surface area contributed by atoms with Crippen molar-refractivity contribution in [3.05, 3.63) is 33.4 Å². The van der Waals surface area contributed by atoms with Crippen molar-refractivity contribution in [2.75, 3.05) is 26.8 Å². The Morgan fingerprint density at radius 1 is 1.61 bits per heavy atom. The van der Waals surface area contributed by atoms with Gasteiger partial charge in [0.1, 0.15) is 23.3 Å². The van der Waals surface area contributed by atoms with E-state index in [1.54, 1.807) is 11.0 Å². The van der Waals surface area contributed by atoms with Crippen LogP contribution in [0, 0.1) is 0 Å². The van der Waals surface area contributed by atoms with Crippen LogP contribution < -0.4 is 0 Å². The SMILES string of the molecule is COC1C(N=[N+]=[N-])[C@@H](O)C(CO)O[C@@H]1Sc1cc(Cl)cnc1C(=O)N1CCC1. The summed E-state index contributed by atoms with van der Waals surface area (Å²) in [5.74, 6) is -0.208. The first-order valence-electron chi connectivity index (χ1n) is 8.63. The number of hydrogen-bond donors (Lipinski definition) is 2. The topological polar surface area (TPSA) is 141 Å². The number of aliphatic hydroxyl groups is 2. The zero-order valence-corrected chi connectivity index (χ0v) is 16.6. The van der Waals surface area contributed by atoms with Gasteiger partial charge in [-0.1, -0.05) is 28.5 Å². The van der Waals surface area contributed by atoms with Gasteiger partial charge in [0.2, 0.25) is 0 Å². The number of carbonyl (C=O) groups excluding carboxylic acids is 1. The van der Waals surface area contributed by atoms with E-state index in [2.05, 4.69) is 15.0 Å². The first kappa shape index (κ1) is 21.1. The molecule has 0 bridgehead atoms. The number of azide groups is 1. The van der Waals surface area contributed by atoms with Crippen molar-refractivity contribution in [2.24, 2.45) is 5.11 Å². The van der Waals surface area contributed by atoms with Crippen LogP contribution in [0.5, 0.6) is 0 Å². The maximum absolute atomic E-state index is 12.7. The average molecular weight is 430 g/mol. The van der Waals surface area contributed by atoms with Crippen molar-refractivity contribution in [3.8, 4) is 0 Å². The molecule has 3 unspecified atom stereocenters. The Labute approximate surface area is 170 Å². The van der Waals surface area contributed by atoms with E-state index >= 15 is 0 Å². The molecule has 10 nitrogen and oxygen atoms in total. The van der Waals surface area contributed by atoms with Gasteiger partial charge in [0.25, 0.3) is 5.91 Å². The molecule has 152 valence electrons. The van der Waals surface area contributed by atoms with Crippen molar-refractivity contribution < 1.29 is 24.5 Å². The van der Waals surface area contributed by atoms with Crippen LogP contribution >= 0.6 is 23.4 Å². The predicted molar refractivity (Wildman–Crippen MR) is 101 cm³/mol. The minimum Gasteiger partial charge on any atom is -0.394 e. The first-order chi connectivity index (χ1) is 13.5. The summed E-state index contributed by atoms with van der Waals surface area (Å²) in [5.41, 5.74) is 8.30. The van der Waals surface area contributed by atoms with Crippen LogP contribution in [0.4, 0.5) is 0 Å². The van der Waals surface area contributed by atoms with Crippen molar-refractivity contribution in [3.63, 3.8) is 0 Å². The van der Waals surface area contributed by atoms with Crippen molar-refractivity contribution >= 4 is 29.3 Å². The summed E-state index contributed by atoms with van der Waals surface area (Å²) in [4.78, 5) is 21.8. The van der Waals surface area contributed by atoms with Crippen LogP contribution in [0.1, 0.15) is 16.9 Å². The molecule has 0 spiro atoms. The molecule has 2 N–H and O–H groups in total. The number of carbonyl (C=O) groups is 1. The Bertz CT molecular complexity index is 776. The highest BCUT2D eigenvalue weighted by Crippen LogP contribution is 2.38. The zero-order valence-electron chi connectivity index (χ0n) is 15.0. The van der Waals surface area contributed by atoms with E-state index in [0.717, 1.165) is 18.2 Å². The Kier molecular flexibility index (Phi) is 7.00. The number of nitrogens with zero attached hydrogens (tertiary/aromatic N) is 5. The lowest BCUT2D eigenvalue weighted by Gasteiger charge is -2.41. The van der Waals surface area contributed by atoms with Crippen molar-refractivity contribution in [1.29, 1.82) is 0 Å². The van der Waals surface area contributed by atoms with Gasteiger partial charge in [0.15, 0.2) is 0 Å². The van der Waals surface area contributed by atoms with Gasteiger partial charge in [0, 0.05) is 36.2 Å². The molecule has 3 rings (SSSR count). The molecule has 2 aliphatic rings. The monoisotopic (exact) mass is 429 g/mol. The Morgan fingerprint density at radius 3 is 2.93 bits per heavy atom. The molecule has 2 saturated heterocycles. The van der Waals surface area contributed by atoms with E-state index < -0.39 is 36.4 Å². The second kappa shape index (κ2) is 9.27. The predicted octanol–water partition coefficient (Wildman–Crippen LogP) is 1.45. The second-order valence-corrected chi connectivity index (χ2v) is 7.95. The lowest BCUT2D eigenvalue weighted by molar-refractivity contribution is -0.167. The maximum atomic E-state index is 12.7. The molecular formula is C16H20ClN5O5S. The molecule has 0 radical (unpaired) electrons. The molecule has 1 aromatic rings. The van der Waals surface area contributed by atoms with Crippen molar-refractivity contribution in [1.82, 2.24) is 9.88 Å². The lowest BCUT2D eigenvalue weighted by Crippen LogP contribution is -2.57. The Balaban J connectivity index is 1.91. The average Bonchev–Trinajstić information content (AvgIpc) is 2.63. The van der Waals surface area contributed by atoms with Gasteiger partial charge in [-0.05, 0) is 18.0 Å². The largest absolute Gasteiger partial charge is 0.394 e. The number of aliphatic hydroxyl groups excluding tert-OH is 2. The van der Waals surface area contributed by atoms with E-state index in [1.165, 1.54) is 13.3 Å². The van der Waals surface area contributed by atoms with Crippen molar-refractivity contribution in [2.45, 2.75) is 41.1 Å². The number of thioether (sulfide) groups is 1. The molecular weight excluding hydrogens is 410 g/mol. The molecule has 1 aromatic heterocycles. The molecule has 3 heterocycles. The molecule has 0 saturated carbocycles. The summed E-state index contributed by atoms with van der Waals surface area (Å²) in [6.07, 6.45) is -0.673. The lowest BCUT2D eigenvalue weighted by atomic mass is 9.98. The number of ether oxygens (including phenoxy) is 2. The first-order valence-corrected chi connectivity index (χ1v) is 9.88. The van der Waals surface area contributed by atoms with Gasteiger partial charge in [-0.25, -0.2) is 4.98 Å². The third-order valence-corrected chi connectivity index (χ3v) is 6.07. The highest BCUT2D eigenvalue weighted by Gasteiger charge is 2.46. The number of methoxy groups -OCH3 is 1. The summed E-state index contributed by atoms with van der Waals surface area (Å²) < 4.78 is 11.2. The van der Waals surface area contributed by atoms with E-state index in [9.17, 15) is 15.0 Å². The number of rotatable bonds is 6. The Hall–Kier alpha value is -1.59. The maximum Gasteiger partial charge on any atom is 0.273 e. The van der Waals surface area contributed by atoms with Gasteiger partial charge in [0.05, 0.1) is 23.8 Å². The quantitative estimate of drug-likeness (QED) is 0.396. The molecule has 0 aromatic carbocycles. The number of hydrogen-bond acceptors (Lipinski definition) is 8. The smallest absolute Gasteiger partial charge is 0.273 e. The minimum atomic E-state index is -1.23. The van der Waals surface area contributed by atoms with Crippen LogP contribution in [0.3, 0.4) is 0 Å². The van der Waals surface area contributed by atoms with Crippen LogP contribution in [0.25, 0.3) is 10.4 Å². The van der Waals surface area contributed by atoms with Crippen LogP contribution in [-0.4, -0.2) is 82.6 Å². The fourth-order valence-electron chi connectivity index (χ4n) is 3.06. The number of amides is 1. The second-order valence-electron chi connectivity index (χ2n) is 6.38. The molecule has 0 aliphatic carbocycles. The number of likely N-dealkylation sites (tertiary alicyclic amines) is 1. The minimum absolute atomic E-state index is 0.208. The van der Waals surface area contributed by atoms with E-state index in [-0.39, 0.29) is 11.6 Å². The summed E-state index contributed by atoms with van der Waals surface area (Å²) in [5, 5.41) is 23.8. The Morgan fingerprint density at radius 2 is 2.36 bits per heavy atom. The molecule has 28 heavy (non-hydrogen) atoms. The van der Waals surface area contributed by atoms with Gasteiger partial charge < -0.3 is 24.6 Å². The van der Waals surface area contributed by atoms with Crippen LogP contribution in [0.2, 0.25) is 5.02 Å². The molecule has 5 atom stereocenters. The van der Waals surface area contributed by atoms with E-state index in [1.807, 2.05) is 0 Å².